The van der Waals surface area contributed by atoms with Crippen LogP contribution in [0.15, 0.2) is 79.1 Å². The Kier molecular flexibility index (Phi) is 5.75. The normalized spacial score (nSPS) is 12.0. The van der Waals surface area contributed by atoms with E-state index in [1.54, 1.807) is 36.7 Å². The highest BCUT2D eigenvalue weighted by molar-refractivity contribution is 5.77. The fourth-order valence-corrected chi connectivity index (χ4v) is 3.52. The Hall–Kier alpha value is -3.67. The van der Waals surface area contributed by atoms with Crippen molar-refractivity contribution < 1.29 is 14.3 Å². The highest BCUT2D eigenvalue weighted by atomic mass is 19.1. The lowest BCUT2D eigenvalue weighted by Gasteiger charge is -2.20. The molecular weight excluding hydrogens is 381 g/mol. The van der Waals surface area contributed by atoms with Gasteiger partial charge in [-0.3, -0.25) is 4.79 Å². The van der Waals surface area contributed by atoms with Gasteiger partial charge in [0.05, 0.1) is 23.4 Å². The van der Waals surface area contributed by atoms with Gasteiger partial charge in [-0.05, 0) is 47.9 Å². The van der Waals surface area contributed by atoms with Crippen molar-refractivity contribution in [3.63, 3.8) is 0 Å². The van der Waals surface area contributed by atoms with Gasteiger partial charge in [0.1, 0.15) is 11.6 Å². The van der Waals surface area contributed by atoms with Gasteiger partial charge in [0.15, 0.2) is 0 Å². The molecule has 30 heavy (non-hydrogen) atoms. The number of aromatic hydroxyl groups is 1. The van der Waals surface area contributed by atoms with Crippen LogP contribution in [0.1, 0.15) is 23.6 Å². The van der Waals surface area contributed by atoms with Crippen molar-refractivity contribution in [1.29, 1.82) is 0 Å². The van der Waals surface area contributed by atoms with E-state index >= 15 is 0 Å². The van der Waals surface area contributed by atoms with Crippen LogP contribution in [0.5, 0.6) is 5.75 Å². The number of phenolic OH excluding ortho intramolecular Hbond substituents is 1. The zero-order valence-electron chi connectivity index (χ0n) is 16.3. The van der Waals surface area contributed by atoms with E-state index in [0.29, 0.717) is 13.0 Å². The maximum absolute atomic E-state index is 13.4. The van der Waals surface area contributed by atoms with Crippen LogP contribution < -0.4 is 5.32 Å². The second-order valence-corrected chi connectivity index (χ2v) is 7.19. The maximum atomic E-state index is 13.4. The molecule has 0 radical (unpaired) electrons. The number of rotatable bonds is 7. The molecule has 6 heteroatoms. The standard InChI is InChI=1S/C24H22FN3O2/c25-19-12-9-17(10-13-19)21(15-28-16-26-20-6-2-3-7-22(20)28)27-24(30)14-11-18-5-1-4-8-23(18)29/h1-10,12-13,16,21,29H,11,14-15H2,(H,27,30). The Morgan fingerprint density at radius 1 is 1.03 bits per heavy atom. The molecule has 5 nitrogen and oxygen atoms in total. The summed E-state index contributed by atoms with van der Waals surface area (Å²) < 4.78 is 15.4. The molecule has 4 rings (SSSR count). The number of nitrogens with one attached hydrogen (secondary N) is 1. The van der Waals surface area contributed by atoms with Crippen molar-refractivity contribution in [3.8, 4) is 5.75 Å². The number of para-hydroxylation sites is 3. The smallest absolute Gasteiger partial charge is 0.220 e. The summed E-state index contributed by atoms with van der Waals surface area (Å²) in [6.07, 6.45) is 2.41. The quantitative estimate of drug-likeness (QED) is 0.481. The molecule has 4 aromatic rings. The van der Waals surface area contributed by atoms with Crippen LogP contribution in [0.4, 0.5) is 4.39 Å². The molecule has 152 valence electrons. The molecule has 1 aromatic heterocycles. The Balaban J connectivity index is 1.52. The third kappa shape index (κ3) is 4.49. The van der Waals surface area contributed by atoms with Crippen LogP contribution in [0.25, 0.3) is 11.0 Å². The van der Waals surface area contributed by atoms with Crippen molar-refractivity contribution in [2.24, 2.45) is 0 Å². The van der Waals surface area contributed by atoms with Gasteiger partial charge in [0, 0.05) is 13.0 Å². The summed E-state index contributed by atoms with van der Waals surface area (Å²) in [5, 5.41) is 13.0. The van der Waals surface area contributed by atoms with Gasteiger partial charge in [-0.2, -0.15) is 0 Å². The molecule has 0 fully saturated rings. The van der Waals surface area contributed by atoms with Gasteiger partial charge in [-0.15, -0.1) is 0 Å². The molecule has 1 atom stereocenters. The molecule has 3 aromatic carbocycles. The summed E-state index contributed by atoms with van der Waals surface area (Å²) >= 11 is 0. The zero-order valence-corrected chi connectivity index (χ0v) is 16.3. The van der Waals surface area contributed by atoms with Crippen molar-refractivity contribution in [3.05, 3.63) is 96.1 Å². The van der Waals surface area contributed by atoms with Crippen molar-refractivity contribution >= 4 is 16.9 Å². The van der Waals surface area contributed by atoms with Gasteiger partial charge in [0.2, 0.25) is 5.91 Å². The molecule has 0 saturated carbocycles. The fourth-order valence-electron chi connectivity index (χ4n) is 3.52. The molecule has 0 saturated heterocycles. The molecular formula is C24H22FN3O2. The van der Waals surface area contributed by atoms with Gasteiger partial charge >= 0.3 is 0 Å². The van der Waals surface area contributed by atoms with Crippen LogP contribution in [0.3, 0.4) is 0 Å². The molecule has 1 unspecified atom stereocenters. The minimum atomic E-state index is -0.347. The number of aryl methyl sites for hydroxylation is 1. The predicted molar refractivity (Wildman–Crippen MR) is 113 cm³/mol. The fraction of sp³-hybridized carbons (Fsp3) is 0.167. The first-order valence-electron chi connectivity index (χ1n) is 9.82. The highest BCUT2D eigenvalue weighted by Gasteiger charge is 2.17. The summed E-state index contributed by atoms with van der Waals surface area (Å²) in [7, 11) is 0. The lowest BCUT2D eigenvalue weighted by atomic mass is 10.0. The van der Waals surface area contributed by atoms with Gasteiger partial charge in [0.25, 0.3) is 0 Å². The average molecular weight is 403 g/mol. The first kappa shape index (κ1) is 19.6. The second-order valence-electron chi connectivity index (χ2n) is 7.19. The van der Waals surface area contributed by atoms with Crippen molar-refractivity contribution in [1.82, 2.24) is 14.9 Å². The number of phenols is 1. The number of halogens is 1. The Morgan fingerprint density at radius 2 is 1.77 bits per heavy atom. The first-order valence-corrected chi connectivity index (χ1v) is 9.82. The molecule has 0 aliphatic carbocycles. The monoisotopic (exact) mass is 403 g/mol. The highest BCUT2D eigenvalue weighted by Crippen LogP contribution is 2.21. The van der Waals surface area contributed by atoms with Crippen LogP contribution >= 0.6 is 0 Å². The van der Waals surface area contributed by atoms with Crippen LogP contribution in [-0.2, 0) is 17.8 Å². The number of imidazole rings is 1. The molecule has 0 spiro atoms. The lowest BCUT2D eigenvalue weighted by Crippen LogP contribution is -2.31. The van der Waals surface area contributed by atoms with Gasteiger partial charge in [-0.25, -0.2) is 9.37 Å². The minimum absolute atomic E-state index is 0.142. The Bertz CT molecular complexity index is 1150. The number of hydrogen-bond donors (Lipinski definition) is 2. The number of carbonyl (C=O) groups is 1. The number of carbonyl (C=O) groups excluding carboxylic acids is 1. The third-order valence-corrected chi connectivity index (χ3v) is 5.13. The van der Waals surface area contributed by atoms with Crippen LogP contribution in [0, 0.1) is 5.82 Å². The summed E-state index contributed by atoms with van der Waals surface area (Å²) in [5.41, 5.74) is 3.38. The number of nitrogens with zero attached hydrogens (tertiary/aromatic N) is 2. The lowest BCUT2D eigenvalue weighted by molar-refractivity contribution is -0.121. The SMILES string of the molecule is O=C(CCc1ccccc1O)NC(Cn1cnc2ccccc21)c1ccc(F)cc1. The molecule has 0 aliphatic rings. The number of benzene rings is 3. The van der Waals surface area contributed by atoms with Gasteiger partial charge in [-0.1, -0.05) is 42.5 Å². The summed E-state index contributed by atoms with van der Waals surface area (Å²) in [6.45, 7) is 0.467. The first-order chi connectivity index (χ1) is 14.6. The second kappa shape index (κ2) is 8.78. The van der Waals surface area contributed by atoms with E-state index in [2.05, 4.69) is 10.3 Å². The summed E-state index contributed by atoms with van der Waals surface area (Å²) in [5.74, 6) is -0.279. The molecule has 0 bridgehead atoms. The molecule has 1 amide bonds. The third-order valence-electron chi connectivity index (χ3n) is 5.13. The Morgan fingerprint density at radius 3 is 2.57 bits per heavy atom. The van der Waals surface area contributed by atoms with E-state index < -0.39 is 0 Å². The van der Waals surface area contributed by atoms with Crippen molar-refractivity contribution in [2.45, 2.75) is 25.4 Å². The van der Waals surface area contributed by atoms with Gasteiger partial charge < -0.3 is 15.0 Å². The van der Waals surface area contributed by atoms with E-state index in [1.807, 2.05) is 34.9 Å². The number of amides is 1. The largest absolute Gasteiger partial charge is 0.508 e. The number of hydrogen-bond acceptors (Lipinski definition) is 3. The van der Waals surface area contributed by atoms with E-state index in [1.165, 1.54) is 12.1 Å². The number of fused-ring (bicyclic) bond motifs is 1. The number of aromatic nitrogens is 2. The van der Waals surface area contributed by atoms with Crippen molar-refractivity contribution in [2.75, 3.05) is 0 Å². The summed E-state index contributed by atoms with van der Waals surface area (Å²) in [4.78, 5) is 17.1. The minimum Gasteiger partial charge on any atom is -0.508 e. The van der Waals surface area contributed by atoms with E-state index in [-0.39, 0.29) is 29.9 Å². The van der Waals surface area contributed by atoms with E-state index in [0.717, 1.165) is 22.2 Å². The predicted octanol–water partition coefficient (Wildman–Crippen LogP) is 4.37. The molecule has 1 heterocycles. The maximum Gasteiger partial charge on any atom is 0.220 e. The van der Waals surface area contributed by atoms with E-state index in [4.69, 9.17) is 0 Å². The zero-order chi connectivity index (χ0) is 20.9. The topological polar surface area (TPSA) is 67.2 Å². The van der Waals surface area contributed by atoms with Crippen LogP contribution in [0.2, 0.25) is 0 Å². The molecule has 2 N–H and O–H groups in total. The average Bonchev–Trinajstić information content (AvgIpc) is 3.16. The van der Waals surface area contributed by atoms with E-state index in [9.17, 15) is 14.3 Å². The Labute approximate surface area is 173 Å². The van der Waals surface area contributed by atoms with Crippen LogP contribution in [-0.4, -0.2) is 20.6 Å². The molecule has 0 aliphatic heterocycles. The summed E-state index contributed by atoms with van der Waals surface area (Å²) in [6, 6.07) is 20.6.